The minimum absolute atomic E-state index is 0.382. The van der Waals surface area contributed by atoms with Gasteiger partial charge in [0.2, 0.25) is 0 Å². The fourth-order valence-electron chi connectivity index (χ4n) is 3.28. The van der Waals surface area contributed by atoms with Gasteiger partial charge in [0.25, 0.3) is 11.7 Å². The lowest BCUT2D eigenvalue weighted by atomic mass is 9.93. The van der Waals surface area contributed by atoms with Gasteiger partial charge >= 0.3 is 0 Å². The molecule has 1 aromatic carbocycles. The van der Waals surface area contributed by atoms with E-state index in [1.54, 1.807) is 0 Å². The molecular weight excluding hydrogens is 214 g/mol. The molecular formula is C14H15NO2. The van der Waals surface area contributed by atoms with Gasteiger partial charge in [-0.25, -0.2) is 0 Å². The number of carbonyl (C=O) groups is 2. The van der Waals surface area contributed by atoms with Gasteiger partial charge in [-0.1, -0.05) is 19.9 Å². The van der Waals surface area contributed by atoms with Crippen LogP contribution in [-0.4, -0.2) is 11.7 Å². The number of fused-ring (bicyclic) bond motifs is 3. The molecule has 0 fully saturated rings. The molecule has 0 aromatic heterocycles. The first-order chi connectivity index (χ1) is 8.00. The lowest BCUT2D eigenvalue weighted by Gasteiger charge is -2.12. The van der Waals surface area contributed by atoms with Crippen LogP contribution in [0.15, 0.2) is 6.07 Å². The van der Waals surface area contributed by atoms with Crippen LogP contribution >= 0.6 is 0 Å². The summed E-state index contributed by atoms with van der Waals surface area (Å²) in [6.07, 6.45) is 1.09. The second-order valence-electron chi connectivity index (χ2n) is 5.27. The van der Waals surface area contributed by atoms with E-state index in [0.29, 0.717) is 17.4 Å². The smallest absolute Gasteiger partial charge is 0.296 e. The minimum atomic E-state index is -0.483. The standard InChI is InChI=1S/C14H15NO2/c1-6-4-7(2)10-9(6)5-8(3)11-12(10)15-14(17)13(11)16/h5-7H,4H2,1-3H3,(H,15,16,17)/t6-,7+/m1/s1. The molecule has 0 bridgehead atoms. The van der Waals surface area contributed by atoms with E-state index in [9.17, 15) is 9.59 Å². The van der Waals surface area contributed by atoms with Crippen LogP contribution in [0.2, 0.25) is 0 Å². The Morgan fingerprint density at radius 3 is 2.65 bits per heavy atom. The molecule has 1 amide bonds. The van der Waals surface area contributed by atoms with Crippen LogP contribution in [0.1, 0.15) is 59.2 Å². The van der Waals surface area contributed by atoms with Gasteiger partial charge in [-0.05, 0) is 41.9 Å². The van der Waals surface area contributed by atoms with Crippen molar-refractivity contribution < 1.29 is 9.59 Å². The molecule has 0 spiro atoms. The van der Waals surface area contributed by atoms with Gasteiger partial charge in [0.05, 0.1) is 11.3 Å². The number of hydrogen-bond donors (Lipinski definition) is 1. The minimum Gasteiger partial charge on any atom is -0.318 e. The van der Waals surface area contributed by atoms with Crippen LogP contribution in [0.5, 0.6) is 0 Å². The van der Waals surface area contributed by atoms with Crippen molar-refractivity contribution in [1.29, 1.82) is 0 Å². The van der Waals surface area contributed by atoms with Crippen molar-refractivity contribution in [3.8, 4) is 0 Å². The van der Waals surface area contributed by atoms with Gasteiger partial charge in [0, 0.05) is 0 Å². The van der Waals surface area contributed by atoms with Crippen LogP contribution in [0.3, 0.4) is 0 Å². The number of anilines is 1. The highest BCUT2D eigenvalue weighted by molar-refractivity contribution is 6.52. The number of hydrogen-bond acceptors (Lipinski definition) is 2. The van der Waals surface area contributed by atoms with Crippen molar-refractivity contribution in [3.63, 3.8) is 0 Å². The quantitative estimate of drug-likeness (QED) is 0.695. The molecule has 1 heterocycles. The van der Waals surface area contributed by atoms with Crippen LogP contribution in [0.4, 0.5) is 5.69 Å². The number of carbonyl (C=O) groups excluding carboxylic acids is 2. The summed E-state index contributed by atoms with van der Waals surface area (Å²) < 4.78 is 0. The average Bonchev–Trinajstić information content (AvgIpc) is 2.68. The highest BCUT2D eigenvalue weighted by Crippen LogP contribution is 2.48. The van der Waals surface area contributed by atoms with Crippen LogP contribution < -0.4 is 5.32 Å². The van der Waals surface area contributed by atoms with Crippen molar-refractivity contribution >= 4 is 17.4 Å². The van der Waals surface area contributed by atoms with E-state index in [0.717, 1.165) is 17.7 Å². The number of ketones is 1. The molecule has 0 unspecified atom stereocenters. The zero-order chi connectivity index (χ0) is 12.3. The van der Waals surface area contributed by atoms with Crippen molar-refractivity contribution in [3.05, 3.63) is 28.3 Å². The number of amides is 1. The maximum atomic E-state index is 11.8. The Morgan fingerprint density at radius 1 is 1.24 bits per heavy atom. The predicted octanol–water partition coefficient (Wildman–Crippen LogP) is 2.74. The van der Waals surface area contributed by atoms with Gasteiger partial charge in [-0.2, -0.15) is 0 Å². The Balaban J connectivity index is 2.33. The van der Waals surface area contributed by atoms with E-state index in [1.165, 1.54) is 11.1 Å². The van der Waals surface area contributed by atoms with Crippen molar-refractivity contribution in [2.75, 3.05) is 5.32 Å². The van der Waals surface area contributed by atoms with Gasteiger partial charge in [0.15, 0.2) is 0 Å². The normalized spacial score (nSPS) is 25.8. The Kier molecular flexibility index (Phi) is 1.97. The zero-order valence-electron chi connectivity index (χ0n) is 10.3. The molecule has 2 atom stereocenters. The Bertz CT molecular complexity index is 560. The summed E-state index contributed by atoms with van der Waals surface area (Å²) in [5.74, 6) is 0.0625. The molecule has 3 nitrogen and oxygen atoms in total. The Labute approximate surface area is 100 Å². The van der Waals surface area contributed by atoms with Crippen LogP contribution in [-0.2, 0) is 4.79 Å². The van der Waals surface area contributed by atoms with E-state index in [1.807, 2.05) is 6.92 Å². The van der Waals surface area contributed by atoms with Gasteiger partial charge < -0.3 is 5.32 Å². The molecule has 3 rings (SSSR count). The average molecular weight is 229 g/mol. The van der Waals surface area contributed by atoms with E-state index < -0.39 is 5.91 Å². The summed E-state index contributed by atoms with van der Waals surface area (Å²) in [7, 11) is 0. The van der Waals surface area contributed by atoms with E-state index in [-0.39, 0.29) is 5.78 Å². The number of aryl methyl sites for hydroxylation is 1. The molecule has 3 heteroatoms. The number of benzene rings is 1. The monoisotopic (exact) mass is 229 g/mol. The fraction of sp³-hybridized carbons (Fsp3) is 0.429. The number of nitrogens with one attached hydrogen (secondary N) is 1. The molecule has 88 valence electrons. The topological polar surface area (TPSA) is 46.2 Å². The second-order valence-corrected chi connectivity index (χ2v) is 5.27. The summed E-state index contributed by atoms with van der Waals surface area (Å²) in [6.45, 7) is 6.27. The first-order valence-corrected chi connectivity index (χ1v) is 6.03. The maximum Gasteiger partial charge on any atom is 0.296 e. The molecule has 2 aliphatic rings. The lowest BCUT2D eigenvalue weighted by molar-refractivity contribution is -0.112. The highest BCUT2D eigenvalue weighted by atomic mass is 16.2. The summed E-state index contributed by atoms with van der Waals surface area (Å²) in [5, 5.41) is 2.75. The third-order valence-electron chi connectivity index (χ3n) is 4.00. The Morgan fingerprint density at radius 2 is 1.94 bits per heavy atom. The maximum absolute atomic E-state index is 11.8. The molecule has 0 radical (unpaired) electrons. The van der Waals surface area contributed by atoms with Crippen molar-refractivity contribution in [2.24, 2.45) is 0 Å². The zero-order valence-corrected chi connectivity index (χ0v) is 10.3. The van der Waals surface area contributed by atoms with E-state index in [2.05, 4.69) is 25.2 Å². The van der Waals surface area contributed by atoms with Gasteiger partial charge in [-0.15, -0.1) is 0 Å². The fourth-order valence-corrected chi connectivity index (χ4v) is 3.28. The number of Topliss-reactive ketones (excluding diaryl/α,β-unsaturated/α-hetero) is 1. The molecule has 1 aromatic rings. The molecule has 1 aliphatic heterocycles. The molecule has 0 saturated carbocycles. The Hall–Kier alpha value is -1.64. The lowest BCUT2D eigenvalue weighted by Crippen LogP contribution is -2.13. The highest BCUT2D eigenvalue weighted by Gasteiger charge is 2.37. The van der Waals surface area contributed by atoms with Crippen LogP contribution in [0, 0.1) is 6.92 Å². The van der Waals surface area contributed by atoms with Gasteiger partial charge in [0.1, 0.15) is 0 Å². The number of rotatable bonds is 0. The molecule has 0 saturated heterocycles. The summed E-state index contributed by atoms with van der Waals surface area (Å²) in [4.78, 5) is 23.3. The summed E-state index contributed by atoms with van der Waals surface area (Å²) in [6, 6.07) is 2.08. The molecule has 1 N–H and O–H groups in total. The third-order valence-corrected chi connectivity index (χ3v) is 4.00. The summed E-state index contributed by atoms with van der Waals surface area (Å²) in [5.41, 5.74) is 4.77. The van der Waals surface area contributed by atoms with Crippen molar-refractivity contribution in [1.82, 2.24) is 0 Å². The molecule has 17 heavy (non-hydrogen) atoms. The van der Waals surface area contributed by atoms with Gasteiger partial charge in [-0.3, -0.25) is 9.59 Å². The first-order valence-electron chi connectivity index (χ1n) is 6.03. The largest absolute Gasteiger partial charge is 0.318 e. The molecule has 1 aliphatic carbocycles. The van der Waals surface area contributed by atoms with Crippen LogP contribution in [0.25, 0.3) is 0 Å². The SMILES string of the molecule is Cc1cc2c(c3c1C(=O)C(=O)N3)[C@@H](C)C[C@H]2C. The summed E-state index contributed by atoms with van der Waals surface area (Å²) >= 11 is 0. The third kappa shape index (κ3) is 1.22. The van der Waals surface area contributed by atoms with Crippen molar-refractivity contribution in [2.45, 2.75) is 39.0 Å². The van der Waals surface area contributed by atoms with E-state index in [4.69, 9.17) is 0 Å². The predicted molar refractivity (Wildman–Crippen MR) is 65.6 cm³/mol. The second kappa shape index (κ2) is 3.19. The van der Waals surface area contributed by atoms with E-state index >= 15 is 0 Å². The first kappa shape index (κ1) is 10.5.